The third kappa shape index (κ3) is 2.07. The number of ether oxygens (including phenoxy) is 1. The second-order valence-electron chi connectivity index (χ2n) is 4.65. The molecule has 1 unspecified atom stereocenters. The minimum atomic E-state index is 0.148. The lowest BCUT2D eigenvalue weighted by molar-refractivity contribution is 0.259. The molecule has 16 heavy (non-hydrogen) atoms. The number of hydrogen-bond acceptors (Lipinski definition) is 2. The van der Waals surface area contributed by atoms with E-state index in [1.807, 2.05) is 6.07 Å². The Morgan fingerprint density at radius 2 is 2.19 bits per heavy atom. The molecule has 0 aromatic heterocycles. The second-order valence-corrected chi connectivity index (χ2v) is 4.65. The minimum absolute atomic E-state index is 0.148. The average molecular weight is 219 g/mol. The van der Waals surface area contributed by atoms with Crippen molar-refractivity contribution in [2.45, 2.75) is 38.6 Å². The van der Waals surface area contributed by atoms with E-state index in [9.17, 15) is 0 Å². The summed E-state index contributed by atoms with van der Waals surface area (Å²) < 4.78 is 5.40. The molecule has 0 heterocycles. The zero-order chi connectivity index (χ0) is 11.5. The highest BCUT2D eigenvalue weighted by atomic mass is 16.5. The molecule has 2 nitrogen and oxygen atoms in total. The van der Waals surface area contributed by atoms with Crippen molar-refractivity contribution in [1.29, 1.82) is 0 Å². The van der Waals surface area contributed by atoms with E-state index in [2.05, 4.69) is 19.1 Å². The van der Waals surface area contributed by atoms with Crippen molar-refractivity contribution in [2.75, 3.05) is 7.11 Å². The zero-order valence-corrected chi connectivity index (χ0v) is 10.2. The third-order valence-electron chi connectivity index (χ3n) is 3.72. The fourth-order valence-electron chi connectivity index (χ4n) is 2.32. The molecular formula is C14H21NO. The SMILES string of the molecule is CCc1ccc(OC)c(C(N)C2CCC2)c1. The normalized spacial score (nSPS) is 17.9. The summed E-state index contributed by atoms with van der Waals surface area (Å²) in [6.45, 7) is 2.17. The Morgan fingerprint density at radius 3 is 2.69 bits per heavy atom. The van der Waals surface area contributed by atoms with Crippen molar-refractivity contribution in [3.8, 4) is 5.75 Å². The van der Waals surface area contributed by atoms with Gasteiger partial charge in [-0.15, -0.1) is 0 Å². The van der Waals surface area contributed by atoms with Crippen LogP contribution in [0.1, 0.15) is 43.4 Å². The predicted molar refractivity (Wildman–Crippen MR) is 66.6 cm³/mol. The fourth-order valence-corrected chi connectivity index (χ4v) is 2.32. The van der Waals surface area contributed by atoms with Crippen LogP contribution < -0.4 is 10.5 Å². The summed E-state index contributed by atoms with van der Waals surface area (Å²) in [6, 6.07) is 6.53. The average Bonchev–Trinajstić information content (AvgIpc) is 2.25. The van der Waals surface area contributed by atoms with Crippen LogP contribution in [0.2, 0.25) is 0 Å². The first-order valence-electron chi connectivity index (χ1n) is 6.18. The predicted octanol–water partition coefficient (Wildman–Crippen LogP) is 3.06. The third-order valence-corrected chi connectivity index (χ3v) is 3.72. The van der Waals surface area contributed by atoms with Gasteiger partial charge >= 0.3 is 0 Å². The standard InChI is InChI=1S/C14H21NO/c1-3-10-7-8-13(16-2)12(9-10)14(15)11-5-4-6-11/h7-9,11,14H,3-6,15H2,1-2H3. The van der Waals surface area contributed by atoms with Crippen LogP contribution in [0.4, 0.5) is 0 Å². The molecule has 1 fully saturated rings. The Balaban J connectivity index is 2.27. The van der Waals surface area contributed by atoms with Gasteiger partial charge in [-0.1, -0.05) is 25.5 Å². The van der Waals surface area contributed by atoms with Crippen LogP contribution in [-0.2, 0) is 6.42 Å². The molecule has 0 bridgehead atoms. The van der Waals surface area contributed by atoms with Gasteiger partial charge in [0.15, 0.2) is 0 Å². The van der Waals surface area contributed by atoms with Gasteiger partial charge in [0.25, 0.3) is 0 Å². The summed E-state index contributed by atoms with van der Waals surface area (Å²) in [6.07, 6.45) is 4.91. The Bertz CT molecular complexity index is 358. The van der Waals surface area contributed by atoms with E-state index >= 15 is 0 Å². The highest BCUT2D eigenvalue weighted by Gasteiger charge is 2.27. The van der Waals surface area contributed by atoms with Crippen LogP contribution in [-0.4, -0.2) is 7.11 Å². The number of aryl methyl sites for hydroxylation is 1. The number of rotatable bonds is 4. The van der Waals surface area contributed by atoms with E-state index in [-0.39, 0.29) is 6.04 Å². The van der Waals surface area contributed by atoms with Crippen molar-refractivity contribution < 1.29 is 4.74 Å². The first-order chi connectivity index (χ1) is 7.76. The summed E-state index contributed by atoms with van der Waals surface area (Å²) in [5, 5.41) is 0. The quantitative estimate of drug-likeness (QED) is 0.844. The molecule has 2 rings (SSSR count). The number of methoxy groups -OCH3 is 1. The van der Waals surface area contributed by atoms with Gasteiger partial charge in [0.05, 0.1) is 7.11 Å². The molecule has 1 aliphatic rings. The smallest absolute Gasteiger partial charge is 0.123 e. The number of nitrogens with two attached hydrogens (primary N) is 1. The molecule has 0 spiro atoms. The highest BCUT2D eigenvalue weighted by molar-refractivity contribution is 5.40. The Hall–Kier alpha value is -1.02. The van der Waals surface area contributed by atoms with Crippen LogP contribution in [0.3, 0.4) is 0 Å². The fraction of sp³-hybridized carbons (Fsp3) is 0.571. The maximum atomic E-state index is 6.32. The van der Waals surface area contributed by atoms with Crippen molar-refractivity contribution in [3.63, 3.8) is 0 Å². The van der Waals surface area contributed by atoms with E-state index in [1.165, 1.54) is 30.4 Å². The van der Waals surface area contributed by atoms with Crippen molar-refractivity contribution >= 4 is 0 Å². The van der Waals surface area contributed by atoms with Crippen LogP contribution in [0.25, 0.3) is 0 Å². The minimum Gasteiger partial charge on any atom is -0.496 e. The van der Waals surface area contributed by atoms with Gasteiger partial charge in [-0.05, 0) is 36.8 Å². The summed E-state index contributed by atoms with van der Waals surface area (Å²) in [5.41, 5.74) is 8.85. The molecule has 0 radical (unpaired) electrons. The van der Waals surface area contributed by atoms with E-state index in [4.69, 9.17) is 10.5 Å². The van der Waals surface area contributed by atoms with Gasteiger partial charge in [-0.2, -0.15) is 0 Å². The van der Waals surface area contributed by atoms with E-state index in [1.54, 1.807) is 7.11 Å². The molecule has 0 aliphatic heterocycles. The summed E-state index contributed by atoms with van der Waals surface area (Å²) in [4.78, 5) is 0. The van der Waals surface area contributed by atoms with Gasteiger partial charge in [-0.3, -0.25) is 0 Å². The van der Waals surface area contributed by atoms with Crippen molar-refractivity contribution in [1.82, 2.24) is 0 Å². The van der Waals surface area contributed by atoms with Crippen LogP contribution in [0, 0.1) is 5.92 Å². The van der Waals surface area contributed by atoms with Crippen molar-refractivity contribution in [2.24, 2.45) is 11.7 Å². The maximum Gasteiger partial charge on any atom is 0.123 e. The van der Waals surface area contributed by atoms with Gasteiger partial charge in [0.1, 0.15) is 5.75 Å². The van der Waals surface area contributed by atoms with Crippen LogP contribution in [0.15, 0.2) is 18.2 Å². The van der Waals surface area contributed by atoms with Gasteiger partial charge in [0, 0.05) is 11.6 Å². The largest absolute Gasteiger partial charge is 0.496 e. The van der Waals surface area contributed by atoms with Crippen molar-refractivity contribution in [3.05, 3.63) is 29.3 Å². The Kier molecular flexibility index (Phi) is 3.49. The van der Waals surface area contributed by atoms with Crippen LogP contribution >= 0.6 is 0 Å². The first-order valence-corrected chi connectivity index (χ1v) is 6.18. The zero-order valence-electron chi connectivity index (χ0n) is 10.2. The number of benzene rings is 1. The van der Waals surface area contributed by atoms with E-state index in [0.717, 1.165) is 12.2 Å². The summed E-state index contributed by atoms with van der Waals surface area (Å²) in [5.74, 6) is 1.60. The molecule has 1 aromatic rings. The Labute approximate surface area is 97.8 Å². The van der Waals surface area contributed by atoms with E-state index < -0.39 is 0 Å². The summed E-state index contributed by atoms with van der Waals surface area (Å²) >= 11 is 0. The molecule has 1 saturated carbocycles. The molecule has 0 amide bonds. The lowest BCUT2D eigenvalue weighted by atomic mass is 9.77. The molecule has 2 heteroatoms. The maximum absolute atomic E-state index is 6.32. The molecule has 2 N–H and O–H groups in total. The monoisotopic (exact) mass is 219 g/mol. The number of hydrogen-bond donors (Lipinski definition) is 1. The molecule has 1 aromatic carbocycles. The summed E-state index contributed by atoms with van der Waals surface area (Å²) in [7, 11) is 1.72. The first kappa shape index (κ1) is 11.5. The Morgan fingerprint density at radius 1 is 1.44 bits per heavy atom. The van der Waals surface area contributed by atoms with Gasteiger partial charge in [-0.25, -0.2) is 0 Å². The molecule has 0 saturated heterocycles. The lowest BCUT2D eigenvalue weighted by Gasteiger charge is -2.32. The lowest BCUT2D eigenvalue weighted by Crippen LogP contribution is -2.27. The van der Waals surface area contributed by atoms with Gasteiger partial charge < -0.3 is 10.5 Å². The molecule has 1 atom stereocenters. The van der Waals surface area contributed by atoms with E-state index in [0.29, 0.717) is 5.92 Å². The van der Waals surface area contributed by atoms with Crippen LogP contribution in [0.5, 0.6) is 5.75 Å². The highest BCUT2D eigenvalue weighted by Crippen LogP contribution is 2.39. The molecular weight excluding hydrogens is 198 g/mol. The molecule has 88 valence electrons. The second kappa shape index (κ2) is 4.88. The topological polar surface area (TPSA) is 35.2 Å². The molecule has 1 aliphatic carbocycles. The van der Waals surface area contributed by atoms with Gasteiger partial charge in [0.2, 0.25) is 0 Å².